The van der Waals surface area contributed by atoms with Crippen molar-refractivity contribution in [2.75, 3.05) is 13.2 Å². The lowest BCUT2D eigenvalue weighted by Gasteiger charge is -2.18. The van der Waals surface area contributed by atoms with E-state index in [0.717, 1.165) is 28.7 Å². The fraction of sp³-hybridized carbons (Fsp3) is 0.389. The molecule has 0 spiro atoms. The molecule has 4 rings (SSSR count). The molecule has 7 nitrogen and oxygen atoms in total. The Balaban J connectivity index is 1.35. The monoisotopic (exact) mass is 339 g/mol. The number of carbonyl (C=O) groups is 1. The molecule has 2 aromatic heterocycles. The Morgan fingerprint density at radius 1 is 1.48 bits per heavy atom. The molecule has 130 valence electrons. The molecule has 7 heteroatoms. The normalized spacial score (nSPS) is 20.2. The van der Waals surface area contributed by atoms with Gasteiger partial charge in [-0.15, -0.1) is 0 Å². The van der Waals surface area contributed by atoms with Gasteiger partial charge in [-0.3, -0.25) is 9.89 Å². The maximum atomic E-state index is 12.3. The van der Waals surface area contributed by atoms with Crippen molar-refractivity contribution in [3.8, 4) is 0 Å². The van der Waals surface area contributed by atoms with Gasteiger partial charge >= 0.3 is 0 Å². The Morgan fingerprint density at radius 3 is 3.24 bits per heavy atom. The predicted octanol–water partition coefficient (Wildman–Crippen LogP) is 1.73. The molecule has 3 heterocycles. The highest BCUT2D eigenvalue weighted by molar-refractivity contribution is 5.82. The first-order valence-electron chi connectivity index (χ1n) is 8.48. The van der Waals surface area contributed by atoms with Gasteiger partial charge in [0, 0.05) is 43.9 Å². The number of ether oxygens (including phenoxy) is 1. The third-order valence-corrected chi connectivity index (χ3v) is 4.76. The molecule has 0 aliphatic carbocycles. The van der Waals surface area contributed by atoms with Gasteiger partial charge in [0.1, 0.15) is 11.9 Å². The van der Waals surface area contributed by atoms with Gasteiger partial charge in [-0.1, -0.05) is 6.07 Å². The van der Waals surface area contributed by atoms with Gasteiger partial charge in [-0.25, -0.2) is 4.98 Å². The molecule has 1 aliphatic rings. The summed E-state index contributed by atoms with van der Waals surface area (Å²) in [6, 6.07) is 5.90. The molecule has 3 aromatic rings. The zero-order valence-corrected chi connectivity index (χ0v) is 14.1. The van der Waals surface area contributed by atoms with Crippen molar-refractivity contribution in [1.82, 2.24) is 25.1 Å². The minimum Gasteiger partial charge on any atom is -0.370 e. The molecular formula is C18H21N5O2. The maximum absolute atomic E-state index is 12.3. The highest BCUT2D eigenvalue weighted by Gasteiger charge is 2.32. The minimum atomic E-state index is -0.0532. The lowest BCUT2D eigenvalue weighted by atomic mass is 10.0. The van der Waals surface area contributed by atoms with E-state index in [9.17, 15) is 4.79 Å². The summed E-state index contributed by atoms with van der Waals surface area (Å²) < 4.78 is 7.81. The average Bonchev–Trinajstić information content (AvgIpc) is 3.32. The van der Waals surface area contributed by atoms with Gasteiger partial charge < -0.3 is 14.6 Å². The number of amides is 1. The molecule has 2 atom stereocenters. The number of hydrogen-bond donors (Lipinski definition) is 2. The zero-order valence-electron chi connectivity index (χ0n) is 14.1. The Labute approximate surface area is 145 Å². The Hall–Kier alpha value is -2.67. The molecule has 1 aliphatic heterocycles. The summed E-state index contributed by atoms with van der Waals surface area (Å²) in [6.07, 6.45) is 6.70. The Morgan fingerprint density at radius 2 is 2.40 bits per heavy atom. The van der Waals surface area contributed by atoms with Gasteiger partial charge in [0.15, 0.2) is 0 Å². The van der Waals surface area contributed by atoms with Crippen LogP contribution in [0.3, 0.4) is 0 Å². The number of rotatable bonds is 5. The quantitative estimate of drug-likeness (QED) is 0.741. The lowest BCUT2D eigenvalue weighted by molar-refractivity contribution is -0.120. The molecule has 0 radical (unpaired) electrons. The van der Waals surface area contributed by atoms with E-state index >= 15 is 0 Å². The van der Waals surface area contributed by atoms with Crippen LogP contribution in [0.5, 0.6) is 0 Å². The van der Waals surface area contributed by atoms with E-state index in [-0.39, 0.29) is 17.9 Å². The molecule has 1 saturated heterocycles. The van der Waals surface area contributed by atoms with E-state index in [1.54, 1.807) is 12.4 Å². The fourth-order valence-electron chi connectivity index (χ4n) is 3.37. The summed E-state index contributed by atoms with van der Waals surface area (Å²) in [7, 11) is 1.96. The summed E-state index contributed by atoms with van der Waals surface area (Å²) in [5, 5.41) is 11.0. The fourth-order valence-corrected chi connectivity index (χ4v) is 3.37. The molecule has 25 heavy (non-hydrogen) atoms. The molecule has 2 N–H and O–H groups in total. The number of aromatic amines is 1. The number of hydrogen-bond acceptors (Lipinski definition) is 4. The largest absolute Gasteiger partial charge is 0.370 e. The first-order valence-corrected chi connectivity index (χ1v) is 8.48. The number of nitrogens with zero attached hydrogens (tertiary/aromatic N) is 3. The van der Waals surface area contributed by atoms with Crippen LogP contribution >= 0.6 is 0 Å². The van der Waals surface area contributed by atoms with E-state index in [0.29, 0.717) is 19.6 Å². The summed E-state index contributed by atoms with van der Waals surface area (Å²) in [6.45, 7) is 1.31. The lowest BCUT2D eigenvalue weighted by Crippen LogP contribution is -2.32. The number of H-pyrrole nitrogens is 1. The van der Waals surface area contributed by atoms with Crippen molar-refractivity contribution < 1.29 is 9.53 Å². The molecule has 1 fully saturated rings. The second-order valence-corrected chi connectivity index (χ2v) is 6.51. The number of nitrogens with one attached hydrogen (secondary N) is 2. The maximum Gasteiger partial charge on any atom is 0.224 e. The van der Waals surface area contributed by atoms with Crippen molar-refractivity contribution in [2.45, 2.75) is 18.9 Å². The topological polar surface area (TPSA) is 84.8 Å². The van der Waals surface area contributed by atoms with Crippen molar-refractivity contribution >= 4 is 16.8 Å². The van der Waals surface area contributed by atoms with Crippen LogP contribution in [0, 0.1) is 5.92 Å². The summed E-state index contributed by atoms with van der Waals surface area (Å²) in [4.78, 5) is 16.7. The number of aryl methyl sites for hydroxylation is 1. The summed E-state index contributed by atoms with van der Waals surface area (Å²) in [5.41, 5.74) is 1.96. The predicted molar refractivity (Wildman–Crippen MR) is 92.8 cm³/mol. The number of carbonyl (C=O) groups excluding carboxylic acids is 1. The van der Waals surface area contributed by atoms with Crippen molar-refractivity contribution in [1.29, 1.82) is 0 Å². The van der Waals surface area contributed by atoms with Crippen LogP contribution in [0.25, 0.3) is 10.9 Å². The first-order chi connectivity index (χ1) is 12.2. The minimum absolute atomic E-state index is 0.0216. The third kappa shape index (κ3) is 3.28. The third-order valence-electron chi connectivity index (χ3n) is 4.76. The van der Waals surface area contributed by atoms with Crippen LogP contribution in [0.15, 0.2) is 36.8 Å². The highest BCUT2D eigenvalue weighted by Crippen LogP contribution is 2.32. The van der Waals surface area contributed by atoms with E-state index < -0.39 is 0 Å². The van der Waals surface area contributed by atoms with E-state index in [1.807, 2.05) is 36.0 Å². The van der Waals surface area contributed by atoms with E-state index in [1.165, 1.54) is 0 Å². The Bertz CT molecular complexity index is 884. The van der Waals surface area contributed by atoms with Gasteiger partial charge in [0.2, 0.25) is 5.91 Å². The van der Waals surface area contributed by atoms with Gasteiger partial charge in [-0.05, 0) is 24.1 Å². The molecule has 0 saturated carbocycles. The molecular weight excluding hydrogens is 318 g/mol. The summed E-state index contributed by atoms with van der Waals surface area (Å²) in [5.74, 6) is 1.19. The number of benzene rings is 1. The number of fused-ring (bicyclic) bond motifs is 1. The molecule has 1 aromatic carbocycles. The van der Waals surface area contributed by atoms with E-state index in [2.05, 4.69) is 20.5 Å². The first kappa shape index (κ1) is 15.8. The van der Waals surface area contributed by atoms with Crippen molar-refractivity contribution in [2.24, 2.45) is 13.0 Å². The number of aromatic nitrogens is 4. The average molecular weight is 339 g/mol. The number of imidazole rings is 1. The van der Waals surface area contributed by atoms with Crippen LogP contribution in [-0.2, 0) is 23.0 Å². The smallest absolute Gasteiger partial charge is 0.224 e. The van der Waals surface area contributed by atoms with Crippen molar-refractivity contribution in [3.63, 3.8) is 0 Å². The van der Waals surface area contributed by atoms with Crippen LogP contribution < -0.4 is 5.32 Å². The van der Waals surface area contributed by atoms with Crippen LogP contribution in [0.2, 0.25) is 0 Å². The summed E-state index contributed by atoms with van der Waals surface area (Å²) >= 11 is 0. The zero-order chi connectivity index (χ0) is 17.2. The van der Waals surface area contributed by atoms with Gasteiger partial charge in [0.05, 0.1) is 18.1 Å². The van der Waals surface area contributed by atoms with Crippen LogP contribution in [0.1, 0.15) is 23.9 Å². The molecule has 1 amide bonds. The van der Waals surface area contributed by atoms with Gasteiger partial charge in [-0.2, -0.15) is 5.10 Å². The molecule has 0 unspecified atom stereocenters. The van der Waals surface area contributed by atoms with Gasteiger partial charge in [0.25, 0.3) is 0 Å². The van der Waals surface area contributed by atoms with Crippen LogP contribution in [-0.4, -0.2) is 38.8 Å². The van der Waals surface area contributed by atoms with E-state index in [4.69, 9.17) is 4.74 Å². The second-order valence-electron chi connectivity index (χ2n) is 6.51. The SMILES string of the molecule is Cn1ccnc1[C@@H]1OCC[C@H]1CNC(=O)Cc1ccc2[nH]ncc2c1. The van der Waals surface area contributed by atoms with Crippen LogP contribution in [0.4, 0.5) is 0 Å². The molecule has 0 bridgehead atoms. The standard InChI is InChI=1S/C18H21N5O2/c1-23-6-5-19-18(23)17-13(4-7-25-17)10-20-16(24)9-12-2-3-15-14(8-12)11-21-22-15/h2-3,5-6,8,11,13,17H,4,7,9-10H2,1H3,(H,20,24)(H,21,22)/t13-,17+/m0/s1. The van der Waals surface area contributed by atoms with Crippen molar-refractivity contribution in [3.05, 3.63) is 48.2 Å². The highest BCUT2D eigenvalue weighted by atomic mass is 16.5. The Kier molecular flexibility index (Phi) is 4.23. The second kappa shape index (κ2) is 6.68.